The van der Waals surface area contributed by atoms with Gasteiger partial charge < -0.3 is 24.8 Å². The van der Waals surface area contributed by atoms with E-state index in [4.69, 9.17) is 9.47 Å². The molecule has 13 nitrogen and oxygen atoms in total. The zero-order chi connectivity index (χ0) is 32.6. The smallest absolute Gasteiger partial charge is 0.440 e. The number of nitrogens with zero attached hydrogens (tertiary/aromatic N) is 3. The fourth-order valence-corrected chi connectivity index (χ4v) is 6.40. The molecule has 5 atom stereocenters. The van der Waals surface area contributed by atoms with Crippen LogP contribution in [0.4, 0.5) is 14.0 Å². The number of likely N-dealkylation sites (tertiary alicyclic amines) is 1. The van der Waals surface area contributed by atoms with Crippen LogP contribution in [0.3, 0.4) is 0 Å². The van der Waals surface area contributed by atoms with Crippen molar-refractivity contribution in [3.05, 3.63) is 65.3 Å². The van der Waals surface area contributed by atoms with Gasteiger partial charge in [-0.05, 0) is 41.5 Å². The quantitative estimate of drug-likeness (QED) is 0.211. The molecule has 2 aromatic rings. The fraction of sp³-hybridized carbons (Fsp3) is 0.433. The van der Waals surface area contributed by atoms with Crippen LogP contribution in [0, 0.1) is 17.7 Å². The van der Waals surface area contributed by atoms with Crippen LogP contribution in [0.15, 0.2) is 48.4 Å². The standard InChI is InChI=1S/C30H33FN4O9S/c1-4-18-12-30(18,27(38)39)32-25(36)22-11-19(43-28(40)33-13-17-7-5-8-21(31)20(17)15-33)14-34(22)26(37)24(16(2)3)35(42)29(41)44-23-9-6-10-45-23/h4-10,16,18-19,22,24,42H,1,11-15H2,2-3H3,(H,32,36)(H,38,39)/t18-,19-,22+,24?,30?/m1/s1. The number of carbonyl (C=O) groups is 5. The van der Waals surface area contributed by atoms with Crippen molar-refractivity contribution in [1.29, 1.82) is 0 Å². The van der Waals surface area contributed by atoms with Crippen molar-refractivity contribution in [2.24, 2.45) is 11.8 Å². The zero-order valence-electron chi connectivity index (χ0n) is 24.6. The van der Waals surface area contributed by atoms with Gasteiger partial charge >= 0.3 is 18.2 Å². The molecule has 4 amide bonds. The molecular weight excluding hydrogens is 611 g/mol. The molecule has 3 N–H and O–H groups in total. The first-order valence-corrected chi connectivity index (χ1v) is 15.2. The highest BCUT2D eigenvalue weighted by Gasteiger charge is 2.61. The first-order valence-electron chi connectivity index (χ1n) is 14.3. The van der Waals surface area contributed by atoms with Gasteiger partial charge in [-0.2, -0.15) is 5.06 Å². The summed E-state index contributed by atoms with van der Waals surface area (Å²) >= 11 is 1.10. The number of fused-ring (bicyclic) bond motifs is 1. The molecule has 1 aromatic carbocycles. The van der Waals surface area contributed by atoms with Gasteiger partial charge in [0.25, 0.3) is 0 Å². The third kappa shape index (κ3) is 6.22. The Morgan fingerprint density at radius 3 is 2.56 bits per heavy atom. The number of hydrogen-bond acceptors (Lipinski definition) is 9. The Morgan fingerprint density at radius 2 is 1.96 bits per heavy atom. The van der Waals surface area contributed by atoms with Crippen LogP contribution in [0.5, 0.6) is 5.06 Å². The maximum Gasteiger partial charge on any atom is 0.440 e. The van der Waals surface area contributed by atoms with E-state index in [1.54, 1.807) is 37.4 Å². The molecule has 15 heteroatoms. The molecule has 240 valence electrons. The summed E-state index contributed by atoms with van der Waals surface area (Å²) in [6.07, 6.45) is -1.68. The molecule has 0 spiro atoms. The van der Waals surface area contributed by atoms with Crippen LogP contribution >= 0.6 is 11.3 Å². The molecule has 1 saturated carbocycles. The topological polar surface area (TPSA) is 166 Å². The van der Waals surface area contributed by atoms with Crippen LogP contribution in [0.1, 0.15) is 37.8 Å². The number of ether oxygens (including phenoxy) is 2. The molecule has 0 radical (unpaired) electrons. The minimum absolute atomic E-state index is 0.0224. The Balaban J connectivity index is 1.35. The normalized spacial score (nSPS) is 24.1. The van der Waals surface area contributed by atoms with Crippen LogP contribution < -0.4 is 10.1 Å². The number of hydrogen-bond donors (Lipinski definition) is 3. The summed E-state index contributed by atoms with van der Waals surface area (Å²) in [5.74, 6) is -4.56. The van der Waals surface area contributed by atoms with Crippen LogP contribution in [-0.2, 0) is 32.2 Å². The molecule has 5 rings (SSSR count). The molecule has 0 bridgehead atoms. The van der Waals surface area contributed by atoms with E-state index in [1.807, 2.05) is 0 Å². The highest BCUT2D eigenvalue weighted by molar-refractivity contribution is 7.11. The van der Waals surface area contributed by atoms with Crippen molar-refractivity contribution in [1.82, 2.24) is 20.2 Å². The van der Waals surface area contributed by atoms with Gasteiger partial charge in [0.2, 0.25) is 11.8 Å². The SMILES string of the molecule is C=C[C@@H]1CC1(NC(=O)[C@@H]1C[C@@H](OC(=O)N2Cc3cccc(F)c3C2)CN1C(=O)C(C(C)C)N(O)C(=O)Oc1cccs1)C(=O)O. The molecule has 45 heavy (non-hydrogen) atoms. The Labute approximate surface area is 261 Å². The minimum atomic E-state index is -1.60. The number of carboxylic acid groups (broad SMARTS) is 1. The van der Waals surface area contributed by atoms with E-state index in [9.17, 15) is 38.7 Å². The van der Waals surface area contributed by atoms with Crippen LogP contribution in [0.25, 0.3) is 0 Å². The van der Waals surface area contributed by atoms with E-state index < -0.39 is 71.3 Å². The second-order valence-electron chi connectivity index (χ2n) is 11.6. The van der Waals surface area contributed by atoms with Crippen molar-refractivity contribution < 1.29 is 48.2 Å². The lowest BCUT2D eigenvalue weighted by atomic mass is 10.0. The van der Waals surface area contributed by atoms with Gasteiger partial charge in [0, 0.05) is 24.4 Å². The van der Waals surface area contributed by atoms with Gasteiger partial charge in [0.15, 0.2) is 5.06 Å². The zero-order valence-corrected chi connectivity index (χ0v) is 25.4. The first-order chi connectivity index (χ1) is 21.4. The molecule has 1 aromatic heterocycles. The van der Waals surface area contributed by atoms with Crippen molar-refractivity contribution >= 4 is 41.3 Å². The number of hydroxylamine groups is 2. The summed E-state index contributed by atoms with van der Waals surface area (Å²) < 4.78 is 25.1. The largest absolute Gasteiger partial charge is 0.479 e. The van der Waals surface area contributed by atoms with Gasteiger partial charge in [-0.1, -0.05) is 32.1 Å². The summed E-state index contributed by atoms with van der Waals surface area (Å²) in [5.41, 5.74) is -0.601. The minimum Gasteiger partial charge on any atom is -0.479 e. The number of rotatable bonds is 9. The van der Waals surface area contributed by atoms with E-state index in [0.29, 0.717) is 11.1 Å². The van der Waals surface area contributed by atoms with Crippen LogP contribution in [0.2, 0.25) is 0 Å². The van der Waals surface area contributed by atoms with E-state index in [2.05, 4.69) is 11.9 Å². The van der Waals surface area contributed by atoms with Crippen molar-refractivity contribution in [2.45, 2.75) is 63.5 Å². The summed E-state index contributed by atoms with van der Waals surface area (Å²) in [6, 6.07) is 4.85. The Morgan fingerprint density at radius 1 is 1.20 bits per heavy atom. The maximum atomic E-state index is 14.3. The Kier molecular flexibility index (Phi) is 8.85. The molecule has 1 aliphatic carbocycles. The van der Waals surface area contributed by atoms with Gasteiger partial charge in [-0.3, -0.25) is 19.7 Å². The van der Waals surface area contributed by atoms with Gasteiger partial charge in [-0.15, -0.1) is 17.9 Å². The number of aliphatic carboxylic acids is 1. The lowest BCUT2D eigenvalue weighted by Gasteiger charge is -2.33. The summed E-state index contributed by atoms with van der Waals surface area (Å²) in [5, 5.41) is 25.2. The van der Waals surface area contributed by atoms with E-state index in [1.165, 1.54) is 23.1 Å². The predicted octanol–water partition coefficient (Wildman–Crippen LogP) is 3.37. The molecule has 2 fully saturated rings. The monoisotopic (exact) mass is 644 g/mol. The third-order valence-electron chi connectivity index (χ3n) is 8.35. The van der Waals surface area contributed by atoms with Crippen molar-refractivity contribution in [2.75, 3.05) is 6.54 Å². The van der Waals surface area contributed by atoms with Gasteiger partial charge in [-0.25, -0.2) is 18.8 Å². The summed E-state index contributed by atoms with van der Waals surface area (Å²) in [4.78, 5) is 67.8. The number of carboxylic acids is 1. The number of nitrogens with one attached hydrogen (secondary N) is 1. The number of carbonyl (C=O) groups excluding carboxylic acids is 4. The number of halogens is 1. The second kappa shape index (κ2) is 12.5. The predicted molar refractivity (Wildman–Crippen MR) is 155 cm³/mol. The molecule has 2 unspecified atom stereocenters. The van der Waals surface area contributed by atoms with Crippen LogP contribution in [-0.4, -0.2) is 85.4 Å². The maximum absolute atomic E-state index is 14.3. The van der Waals surface area contributed by atoms with E-state index in [-0.39, 0.29) is 42.6 Å². The first kappa shape index (κ1) is 31.9. The third-order valence-corrected chi connectivity index (χ3v) is 9.09. The highest BCUT2D eigenvalue weighted by atomic mass is 32.1. The lowest BCUT2D eigenvalue weighted by Crippen LogP contribution is -2.58. The Bertz CT molecular complexity index is 1520. The van der Waals surface area contributed by atoms with Gasteiger partial charge in [0.05, 0.1) is 13.1 Å². The average molecular weight is 645 g/mol. The average Bonchev–Trinajstić information content (AvgIpc) is 3.39. The summed E-state index contributed by atoms with van der Waals surface area (Å²) in [6.45, 7) is 6.57. The Hall–Kier alpha value is -4.50. The van der Waals surface area contributed by atoms with E-state index in [0.717, 1.165) is 16.2 Å². The number of thiophene rings is 1. The molecule has 3 aliphatic rings. The summed E-state index contributed by atoms with van der Waals surface area (Å²) in [7, 11) is 0. The molecule has 1 saturated heterocycles. The molecule has 2 aliphatic heterocycles. The molecule has 3 heterocycles. The second-order valence-corrected chi connectivity index (χ2v) is 12.5. The lowest BCUT2D eigenvalue weighted by molar-refractivity contribution is -0.160. The van der Waals surface area contributed by atoms with Gasteiger partial charge in [0.1, 0.15) is 29.5 Å². The molecular formula is C30H33FN4O9S. The highest BCUT2D eigenvalue weighted by Crippen LogP contribution is 2.45. The fourth-order valence-electron chi connectivity index (χ4n) is 5.83. The van der Waals surface area contributed by atoms with Crippen molar-refractivity contribution in [3.8, 4) is 5.06 Å². The van der Waals surface area contributed by atoms with E-state index >= 15 is 0 Å². The number of amides is 4. The van der Waals surface area contributed by atoms with Crippen molar-refractivity contribution in [3.63, 3.8) is 0 Å². The number of benzene rings is 1.